The minimum absolute atomic E-state index is 0.162. The van der Waals surface area contributed by atoms with Crippen LogP contribution in [0, 0.1) is 0 Å². The Morgan fingerprint density at radius 3 is 3.05 bits per heavy atom. The molecule has 3 rings (SSSR count). The number of aromatic nitrogens is 4. The van der Waals surface area contributed by atoms with Crippen LogP contribution in [0.3, 0.4) is 0 Å². The van der Waals surface area contributed by atoms with Crippen LogP contribution in [0.2, 0.25) is 0 Å². The van der Waals surface area contributed by atoms with E-state index in [1.807, 2.05) is 0 Å². The van der Waals surface area contributed by atoms with Crippen molar-refractivity contribution in [2.75, 3.05) is 19.6 Å². The Kier molecular flexibility index (Phi) is 4.26. The standard InChI is InChI=1S/C14H19ClN4O2/c1-9(10-4-3-7-21-10)19-11(5-6-15)18-12-13(19)16-8-17-14(12)20-2/h8-10H,3-7H2,1-2H3. The number of halogens is 1. The van der Waals surface area contributed by atoms with E-state index in [-0.39, 0.29) is 12.1 Å². The second kappa shape index (κ2) is 6.15. The van der Waals surface area contributed by atoms with Gasteiger partial charge in [0.2, 0.25) is 5.88 Å². The van der Waals surface area contributed by atoms with Gasteiger partial charge < -0.3 is 14.0 Å². The quantitative estimate of drug-likeness (QED) is 0.793. The molecule has 2 aromatic heterocycles. The van der Waals surface area contributed by atoms with Crippen molar-refractivity contribution in [3.05, 3.63) is 12.2 Å². The lowest BCUT2D eigenvalue weighted by Gasteiger charge is -2.22. The zero-order chi connectivity index (χ0) is 14.8. The monoisotopic (exact) mass is 310 g/mol. The molecule has 0 aliphatic carbocycles. The Morgan fingerprint density at radius 2 is 2.38 bits per heavy atom. The van der Waals surface area contributed by atoms with Crippen molar-refractivity contribution < 1.29 is 9.47 Å². The first kappa shape index (κ1) is 14.5. The first-order chi connectivity index (χ1) is 10.3. The normalized spacial score (nSPS) is 20.0. The third kappa shape index (κ3) is 2.58. The number of aryl methyl sites for hydroxylation is 1. The molecule has 21 heavy (non-hydrogen) atoms. The maximum absolute atomic E-state index is 5.92. The van der Waals surface area contributed by atoms with Gasteiger partial charge in [-0.1, -0.05) is 0 Å². The highest BCUT2D eigenvalue weighted by atomic mass is 35.5. The van der Waals surface area contributed by atoms with Gasteiger partial charge in [0.1, 0.15) is 12.2 Å². The predicted octanol–water partition coefficient (Wildman–Crippen LogP) is 2.36. The average molecular weight is 311 g/mol. The van der Waals surface area contributed by atoms with Crippen molar-refractivity contribution in [2.45, 2.75) is 38.3 Å². The molecule has 3 heterocycles. The third-order valence-electron chi connectivity index (χ3n) is 3.94. The zero-order valence-corrected chi connectivity index (χ0v) is 13.0. The Morgan fingerprint density at radius 1 is 1.52 bits per heavy atom. The molecule has 1 aliphatic heterocycles. The van der Waals surface area contributed by atoms with Gasteiger partial charge in [-0.15, -0.1) is 11.6 Å². The Hall–Kier alpha value is -1.40. The topological polar surface area (TPSA) is 62.1 Å². The van der Waals surface area contributed by atoms with E-state index in [2.05, 4.69) is 26.4 Å². The molecule has 6 nitrogen and oxygen atoms in total. The van der Waals surface area contributed by atoms with Crippen molar-refractivity contribution in [2.24, 2.45) is 0 Å². The van der Waals surface area contributed by atoms with Crippen LogP contribution in [-0.4, -0.2) is 45.2 Å². The summed E-state index contributed by atoms with van der Waals surface area (Å²) in [6.45, 7) is 2.97. The smallest absolute Gasteiger partial charge is 0.245 e. The summed E-state index contributed by atoms with van der Waals surface area (Å²) in [6, 6.07) is 0.162. The Balaban J connectivity index is 2.11. The number of ether oxygens (including phenoxy) is 2. The number of hydrogen-bond acceptors (Lipinski definition) is 5. The molecule has 0 bridgehead atoms. The van der Waals surface area contributed by atoms with Gasteiger partial charge in [0.25, 0.3) is 0 Å². The first-order valence-corrected chi connectivity index (χ1v) is 7.73. The summed E-state index contributed by atoms with van der Waals surface area (Å²) in [7, 11) is 1.59. The van der Waals surface area contributed by atoms with Crippen LogP contribution >= 0.6 is 11.6 Å². The molecule has 114 valence electrons. The Bertz CT molecular complexity index is 625. The third-order valence-corrected chi connectivity index (χ3v) is 4.13. The van der Waals surface area contributed by atoms with Crippen LogP contribution in [0.15, 0.2) is 6.33 Å². The number of fused-ring (bicyclic) bond motifs is 1. The van der Waals surface area contributed by atoms with E-state index >= 15 is 0 Å². The zero-order valence-electron chi connectivity index (χ0n) is 12.3. The summed E-state index contributed by atoms with van der Waals surface area (Å²) in [5.41, 5.74) is 1.47. The van der Waals surface area contributed by atoms with Gasteiger partial charge in [0.15, 0.2) is 11.2 Å². The highest BCUT2D eigenvalue weighted by Crippen LogP contribution is 2.30. The van der Waals surface area contributed by atoms with Crippen molar-refractivity contribution in [3.8, 4) is 5.88 Å². The molecule has 0 aromatic carbocycles. The van der Waals surface area contributed by atoms with Crippen LogP contribution in [0.25, 0.3) is 11.2 Å². The molecule has 2 unspecified atom stereocenters. The maximum atomic E-state index is 5.92. The van der Waals surface area contributed by atoms with E-state index in [0.717, 1.165) is 30.9 Å². The SMILES string of the molecule is COc1ncnc2c1nc(CCCl)n2C(C)C1CCCO1. The van der Waals surface area contributed by atoms with E-state index in [0.29, 0.717) is 23.7 Å². The molecule has 0 radical (unpaired) electrons. The second-order valence-electron chi connectivity index (χ2n) is 5.18. The molecule has 1 fully saturated rings. The number of methoxy groups -OCH3 is 1. The summed E-state index contributed by atoms with van der Waals surface area (Å²) >= 11 is 5.92. The van der Waals surface area contributed by atoms with Gasteiger partial charge >= 0.3 is 0 Å². The van der Waals surface area contributed by atoms with Gasteiger partial charge in [-0.3, -0.25) is 0 Å². The molecule has 1 aliphatic rings. The molecule has 0 amide bonds. The van der Waals surface area contributed by atoms with Crippen molar-refractivity contribution in [1.29, 1.82) is 0 Å². The van der Waals surface area contributed by atoms with E-state index in [9.17, 15) is 0 Å². The Labute approximate surface area is 128 Å². The number of nitrogens with zero attached hydrogens (tertiary/aromatic N) is 4. The summed E-state index contributed by atoms with van der Waals surface area (Å²) in [6.07, 6.45) is 4.54. The lowest BCUT2D eigenvalue weighted by atomic mass is 10.1. The fourth-order valence-electron chi connectivity index (χ4n) is 2.92. The van der Waals surface area contributed by atoms with Crippen LogP contribution < -0.4 is 4.74 Å². The molecule has 0 spiro atoms. The molecule has 0 N–H and O–H groups in total. The molecular formula is C14H19ClN4O2. The van der Waals surface area contributed by atoms with Gasteiger partial charge in [0.05, 0.1) is 19.3 Å². The fourth-order valence-corrected chi connectivity index (χ4v) is 3.09. The van der Waals surface area contributed by atoms with E-state index in [1.165, 1.54) is 6.33 Å². The van der Waals surface area contributed by atoms with Crippen LogP contribution in [-0.2, 0) is 11.2 Å². The minimum atomic E-state index is 0.162. The van der Waals surface area contributed by atoms with Crippen molar-refractivity contribution >= 4 is 22.8 Å². The largest absolute Gasteiger partial charge is 0.479 e. The van der Waals surface area contributed by atoms with E-state index in [4.69, 9.17) is 21.1 Å². The van der Waals surface area contributed by atoms with Crippen LogP contribution in [0.4, 0.5) is 0 Å². The maximum Gasteiger partial charge on any atom is 0.245 e. The summed E-state index contributed by atoms with van der Waals surface area (Å²) in [5, 5.41) is 0. The second-order valence-corrected chi connectivity index (χ2v) is 5.56. The van der Waals surface area contributed by atoms with Gasteiger partial charge in [-0.25, -0.2) is 9.97 Å². The summed E-state index contributed by atoms with van der Waals surface area (Å²) in [5.74, 6) is 1.91. The molecule has 7 heteroatoms. The van der Waals surface area contributed by atoms with Gasteiger partial charge in [-0.2, -0.15) is 4.98 Å². The van der Waals surface area contributed by atoms with Gasteiger partial charge in [-0.05, 0) is 19.8 Å². The number of rotatable bonds is 5. The summed E-state index contributed by atoms with van der Waals surface area (Å²) < 4.78 is 13.2. The van der Waals surface area contributed by atoms with Crippen LogP contribution in [0.5, 0.6) is 5.88 Å². The highest BCUT2D eigenvalue weighted by Gasteiger charge is 2.28. The number of imidazole rings is 1. The predicted molar refractivity (Wildman–Crippen MR) is 80.0 cm³/mol. The van der Waals surface area contributed by atoms with E-state index < -0.39 is 0 Å². The fraction of sp³-hybridized carbons (Fsp3) is 0.643. The lowest BCUT2D eigenvalue weighted by molar-refractivity contribution is 0.0735. The summed E-state index contributed by atoms with van der Waals surface area (Å²) in [4.78, 5) is 13.2. The molecule has 2 atom stereocenters. The average Bonchev–Trinajstić information content (AvgIpc) is 3.14. The highest BCUT2D eigenvalue weighted by molar-refractivity contribution is 6.17. The van der Waals surface area contributed by atoms with E-state index in [1.54, 1.807) is 7.11 Å². The minimum Gasteiger partial charge on any atom is -0.479 e. The lowest BCUT2D eigenvalue weighted by Crippen LogP contribution is -2.23. The van der Waals surface area contributed by atoms with Crippen LogP contribution in [0.1, 0.15) is 31.6 Å². The van der Waals surface area contributed by atoms with Gasteiger partial charge in [0, 0.05) is 18.9 Å². The number of alkyl halides is 1. The first-order valence-electron chi connectivity index (χ1n) is 7.19. The molecular weight excluding hydrogens is 292 g/mol. The molecule has 0 saturated carbocycles. The van der Waals surface area contributed by atoms with Crippen molar-refractivity contribution in [1.82, 2.24) is 19.5 Å². The van der Waals surface area contributed by atoms with Crippen molar-refractivity contribution in [3.63, 3.8) is 0 Å². The molecule has 2 aromatic rings. The number of hydrogen-bond donors (Lipinski definition) is 0. The molecule has 1 saturated heterocycles.